The first-order valence-corrected chi connectivity index (χ1v) is 8.23. The van der Waals surface area contributed by atoms with Crippen molar-refractivity contribution in [3.63, 3.8) is 0 Å². The molecule has 7 nitrogen and oxygen atoms in total. The molecule has 1 aliphatic carbocycles. The first kappa shape index (κ1) is 16.9. The van der Waals surface area contributed by atoms with Crippen molar-refractivity contribution < 1.29 is 29.8 Å². The average molecular weight is 325 g/mol. The van der Waals surface area contributed by atoms with Crippen LogP contribution in [-0.2, 0) is 9.53 Å². The summed E-state index contributed by atoms with van der Waals surface area (Å²) in [5, 5.41) is 42.2. The highest BCUT2D eigenvalue weighted by Crippen LogP contribution is 2.54. The first-order valence-electron chi connectivity index (χ1n) is 8.23. The lowest BCUT2D eigenvalue weighted by atomic mass is 9.63. The molecule has 0 saturated carbocycles. The Morgan fingerprint density at radius 3 is 2.83 bits per heavy atom. The monoisotopic (exact) mass is 325 g/mol. The quantitative estimate of drug-likeness (QED) is 0.254. The van der Waals surface area contributed by atoms with E-state index < -0.39 is 42.5 Å². The summed E-state index contributed by atoms with van der Waals surface area (Å²) in [6, 6.07) is 0. The van der Waals surface area contributed by atoms with E-state index in [0.29, 0.717) is 0 Å². The summed E-state index contributed by atoms with van der Waals surface area (Å²) in [4.78, 5) is 12.3. The van der Waals surface area contributed by atoms with Crippen LogP contribution in [0.3, 0.4) is 0 Å². The fourth-order valence-electron chi connectivity index (χ4n) is 4.40. The summed E-state index contributed by atoms with van der Waals surface area (Å²) in [6.07, 6.45) is 4.90. The van der Waals surface area contributed by atoms with Gasteiger partial charge in [-0.1, -0.05) is 12.2 Å². The number of allylic oxidation sites excluding steroid dienone is 1. The Morgan fingerprint density at radius 1 is 1.52 bits per heavy atom. The van der Waals surface area contributed by atoms with Crippen molar-refractivity contribution in [2.24, 2.45) is 11.8 Å². The minimum atomic E-state index is -1.48. The summed E-state index contributed by atoms with van der Waals surface area (Å²) < 4.78 is 5.37. The predicted molar refractivity (Wildman–Crippen MR) is 82.0 cm³/mol. The zero-order chi connectivity index (χ0) is 16.8. The van der Waals surface area contributed by atoms with Crippen LogP contribution in [0, 0.1) is 11.8 Å². The number of nitrogens with one attached hydrogen (secondary N) is 1. The minimum absolute atomic E-state index is 0.0616. The molecule has 2 saturated heterocycles. The van der Waals surface area contributed by atoms with E-state index in [1.165, 1.54) is 0 Å². The van der Waals surface area contributed by atoms with E-state index in [1.54, 1.807) is 6.92 Å². The lowest BCUT2D eigenvalue weighted by Crippen LogP contribution is -2.80. The van der Waals surface area contributed by atoms with E-state index in [4.69, 9.17) is 14.8 Å². The summed E-state index contributed by atoms with van der Waals surface area (Å²) in [5.41, 5.74) is -2.41. The third kappa shape index (κ3) is 2.35. The molecule has 128 valence electrons. The van der Waals surface area contributed by atoms with Gasteiger partial charge in [-0.2, -0.15) is 0 Å². The molecule has 2 heterocycles. The van der Waals surface area contributed by atoms with Crippen LogP contribution in [0.5, 0.6) is 0 Å². The molecule has 6 atom stereocenters. The molecule has 23 heavy (non-hydrogen) atoms. The van der Waals surface area contributed by atoms with Gasteiger partial charge in [-0.3, -0.25) is 5.32 Å². The van der Waals surface area contributed by atoms with Gasteiger partial charge in [0.15, 0.2) is 5.54 Å². The molecule has 3 aliphatic rings. The molecular formula is C15H24BNO6. The van der Waals surface area contributed by atoms with Crippen molar-refractivity contribution in [1.82, 2.24) is 5.32 Å². The number of esters is 1. The van der Waals surface area contributed by atoms with E-state index in [0.717, 1.165) is 19.3 Å². The molecule has 0 bridgehead atoms. The van der Waals surface area contributed by atoms with Crippen LogP contribution >= 0.6 is 0 Å². The van der Waals surface area contributed by atoms with Gasteiger partial charge >= 0.3 is 13.1 Å². The summed E-state index contributed by atoms with van der Waals surface area (Å²) in [7, 11) is -1.48. The highest BCUT2D eigenvalue weighted by molar-refractivity contribution is 6.40. The van der Waals surface area contributed by atoms with Crippen molar-refractivity contribution in [2.45, 2.75) is 62.4 Å². The van der Waals surface area contributed by atoms with Crippen LogP contribution in [0.25, 0.3) is 0 Å². The molecule has 3 rings (SSSR count). The molecule has 5 N–H and O–H groups in total. The van der Waals surface area contributed by atoms with E-state index in [9.17, 15) is 15.0 Å². The van der Waals surface area contributed by atoms with Crippen LogP contribution in [0.15, 0.2) is 12.2 Å². The molecule has 2 aliphatic heterocycles. The van der Waals surface area contributed by atoms with Crippen molar-refractivity contribution in [3.8, 4) is 0 Å². The number of hydrogen-bond acceptors (Lipinski definition) is 7. The van der Waals surface area contributed by atoms with E-state index in [2.05, 4.69) is 5.32 Å². The summed E-state index contributed by atoms with van der Waals surface area (Å²) in [5.74, 6) is -1.24. The molecule has 1 unspecified atom stereocenters. The van der Waals surface area contributed by atoms with Crippen LogP contribution in [0.2, 0.25) is 6.32 Å². The Balaban J connectivity index is 1.86. The number of aliphatic hydroxyl groups is 2. The van der Waals surface area contributed by atoms with Gasteiger partial charge in [0.05, 0.1) is 6.10 Å². The normalized spacial score (nSPS) is 43.5. The number of rotatable bonds is 5. The summed E-state index contributed by atoms with van der Waals surface area (Å²) in [6.45, 7) is 1.70. The largest absolute Gasteiger partial charge is 0.455 e. The zero-order valence-electron chi connectivity index (χ0n) is 13.2. The van der Waals surface area contributed by atoms with E-state index >= 15 is 0 Å². The van der Waals surface area contributed by atoms with Crippen LogP contribution in [0.1, 0.15) is 32.6 Å². The van der Waals surface area contributed by atoms with Crippen LogP contribution in [0.4, 0.5) is 0 Å². The van der Waals surface area contributed by atoms with Crippen molar-refractivity contribution >= 4 is 13.1 Å². The number of ether oxygens (including phenoxy) is 1. The molecule has 0 aromatic rings. The Hall–Kier alpha value is -0.925. The molecule has 0 radical (unpaired) electrons. The lowest BCUT2D eigenvalue weighted by Gasteiger charge is -2.55. The Labute approximate surface area is 135 Å². The maximum atomic E-state index is 12.3. The molecule has 0 aromatic heterocycles. The molecule has 2 fully saturated rings. The van der Waals surface area contributed by atoms with Gasteiger partial charge in [0.2, 0.25) is 0 Å². The SMILES string of the molecule is C[C@@]12OC(=O)[C@]1([C@@H](O)[C@@H]1C=CCCC1)NC(O)[C@@H]2CCB(O)O. The highest BCUT2D eigenvalue weighted by Gasteiger charge is 2.78. The Kier molecular flexibility index (Phi) is 4.31. The smallest absolute Gasteiger partial charge is 0.451 e. The number of carbonyl (C=O) groups is 1. The fourth-order valence-corrected chi connectivity index (χ4v) is 4.40. The second kappa shape index (κ2) is 5.86. The van der Waals surface area contributed by atoms with Gasteiger partial charge in [0.25, 0.3) is 0 Å². The number of carbonyl (C=O) groups excluding carboxylic acids is 1. The van der Waals surface area contributed by atoms with Gasteiger partial charge in [-0.15, -0.1) is 0 Å². The molecule has 0 amide bonds. The molecular weight excluding hydrogens is 301 g/mol. The molecule has 8 heteroatoms. The lowest BCUT2D eigenvalue weighted by molar-refractivity contribution is -0.238. The molecule has 0 spiro atoms. The van der Waals surface area contributed by atoms with Gasteiger partial charge in [-0.05, 0) is 38.9 Å². The minimum Gasteiger partial charge on any atom is -0.455 e. The number of aliphatic hydroxyl groups excluding tert-OH is 2. The Bertz CT molecular complexity index is 514. The second-order valence-electron chi connectivity index (χ2n) is 7.03. The number of fused-ring (bicyclic) bond motifs is 1. The highest BCUT2D eigenvalue weighted by atomic mass is 16.6. The average Bonchev–Trinajstić information content (AvgIpc) is 2.69. The fraction of sp³-hybridized carbons (Fsp3) is 0.800. The van der Waals surface area contributed by atoms with Gasteiger partial charge in [-0.25, -0.2) is 4.79 Å². The van der Waals surface area contributed by atoms with Crippen LogP contribution < -0.4 is 5.32 Å². The van der Waals surface area contributed by atoms with E-state index in [-0.39, 0.29) is 18.7 Å². The maximum absolute atomic E-state index is 12.3. The third-order valence-electron chi connectivity index (χ3n) is 5.75. The zero-order valence-corrected chi connectivity index (χ0v) is 13.2. The van der Waals surface area contributed by atoms with Crippen molar-refractivity contribution in [2.75, 3.05) is 0 Å². The van der Waals surface area contributed by atoms with Gasteiger partial charge in [0, 0.05) is 11.8 Å². The topological polar surface area (TPSA) is 119 Å². The molecule has 0 aromatic carbocycles. The number of hydrogen-bond donors (Lipinski definition) is 5. The summed E-state index contributed by atoms with van der Waals surface area (Å²) >= 11 is 0. The van der Waals surface area contributed by atoms with Gasteiger partial charge in [0.1, 0.15) is 11.8 Å². The predicted octanol–water partition coefficient (Wildman–Crippen LogP) is -0.841. The second-order valence-corrected chi connectivity index (χ2v) is 7.03. The van der Waals surface area contributed by atoms with Crippen molar-refractivity contribution in [3.05, 3.63) is 12.2 Å². The Morgan fingerprint density at radius 2 is 2.26 bits per heavy atom. The van der Waals surface area contributed by atoms with E-state index in [1.807, 2.05) is 12.2 Å². The van der Waals surface area contributed by atoms with Crippen LogP contribution in [-0.4, -0.2) is 56.8 Å². The maximum Gasteiger partial charge on any atom is 0.451 e. The van der Waals surface area contributed by atoms with Gasteiger partial charge < -0.3 is 25.0 Å². The first-order chi connectivity index (χ1) is 10.8. The standard InChI is InChI=1S/C15H24BNO6/c1-14-10(7-8-16(21)22)12(19)17-15(14,13(20)23-14)11(18)9-5-3-2-4-6-9/h3,5,9-12,17-19,21-22H,2,4,6-8H2,1H3/t9-,10+,11+,12?,14+,15+/m1/s1. The third-order valence-corrected chi connectivity index (χ3v) is 5.75. The van der Waals surface area contributed by atoms with Crippen molar-refractivity contribution in [1.29, 1.82) is 0 Å².